The van der Waals surface area contributed by atoms with E-state index in [0.29, 0.717) is 0 Å². The average Bonchev–Trinajstić information content (AvgIpc) is 2.26. The maximum atomic E-state index is 11.7. The molecule has 0 heterocycles. The van der Waals surface area contributed by atoms with Crippen LogP contribution in [-0.4, -0.2) is 18.8 Å². The summed E-state index contributed by atoms with van der Waals surface area (Å²) in [6, 6.07) is 4.22. The van der Waals surface area contributed by atoms with Crippen LogP contribution in [0.4, 0.5) is 0 Å². The summed E-state index contributed by atoms with van der Waals surface area (Å²) in [6.45, 7) is 1.72. The second-order valence-corrected chi connectivity index (χ2v) is 5.66. The summed E-state index contributed by atoms with van der Waals surface area (Å²) < 4.78 is 0. The van der Waals surface area contributed by atoms with Crippen molar-refractivity contribution in [2.45, 2.75) is 27.7 Å². The van der Waals surface area contributed by atoms with E-state index >= 15 is 0 Å². The van der Waals surface area contributed by atoms with Gasteiger partial charge < -0.3 is 0 Å². The molecule has 0 aliphatic heterocycles. The summed E-state index contributed by atoms with van der Waals surface area (Å²) in [4.78, 5) is 3.47. The van der Waals surface area contributed by atoms with Gasteiger partial charge in [0.15, 0.2) is 0 Å². The Morgan fingerprint density at radius 2 is 1.47 bits per heavy atom. The minimum absolute atomic E-state index is 0.647. The molecule has 1 radical (unpaired) electrons. The molecule has 0 N–H and O–H groups in total. The second-order valence-electron chi connectivity index (χ2n) is 3.09. The molecule has 0 saturated heterocycles. The molecule has 0 spiro atoms. The van der Waals surface area contributed by atoms with Crippen molar-refractivity contribution in [3.8, 4) is 0 Å². The van der Waals surface area contributed by atoms with Crippen molar-refractivity contribution in [3.05, 3.63) is 17.7 Å². The van der Waals surface area contributed by atoms with Gasteiger partial charge >= 0.3 is 0 Å². The molecule has 1 aromatic carbocycles. The fourth-order valence-corrected chi connectivity index (χ4v) is 3.60. The van der Waals surface area contributed by atoms with Crippen molar-refractivity contribution >= 4 is 35.3 Å². The lowest BCUT2D eigenvalue weighted by atomic mass is 10.1. The van der Waals surface area contributed by atoms with E-state index in [0.717, 1.165) is 15.4 Å². The number of hydrogen-bond donors (Lipinski definition) is 0. The molecule has 83 valence electrons. The zero-order chi connectivity index (χ0) is 11.4. The van der Waals surface area contributed by atoms with Gasteiger partial charge in [-0.2, -0.15) is 0 Å². The van der Waals surface area contributed by atoms with E-state index in [2.05, 4.69) is 18.4 Å². The average molecular weight is 259 g/mol. The van der Waals surface area contributed by atoms with E-state index < -0.39 is 6.10 Å². The Hall–Kier alpha value is 0.230. The number of benzene rings is 1. The maximum Gasteiger partial charge on any atom is 0.117 e. The summed E-state index contributed by atoms with van der Waals surface area (Å²) in [5, 5.41) is 11.7. The molecule has 1 aromatic rings. The van der Waals surface area contributed by atoms with Crippen LogP contribution in [0.3, 0.4) is 0 Å². The zero-order valence-corrected chi connectivity index (χ0v) is 11.8. The monoisotopic (exact) mass is 259 g/mol. The van der Waals surface area contributed by atoms with E-state index in [1.807, 2.05) is 12.5 Å². The molecule has 15 heavy (non-hydrogen) atoms. The number of thioether (sulfide) groups is 3. The van der Waals surface area contributed by atoms with Gasteiger partial charge in [-0.05, 0) is 37.8 Å². The van der Waals surface area contributed by atoms with E-state index in [1.165, 1.54) is 4.90 Å². The van der Waals surface area contributed by atoms with Gasteiger partial charge in [0.05, 0.1) is 0 Å². The SMILES string of the molecule is CSc1cc(SC)c(C(C)[O])c(SC)c1. The van der Waals surface area contributed by atoms with Crippen molar-refractivity contribution in [1.29, 1.82) is 0 Å². The molecule has 0 bridgehead atoms. The first kappa shape index (κ1) is 13.3. The Bertz CT molecular complexity index is 312. The van der Waals surface area contributed by atoms with Crippen molar-refractivity contribution in [1.82, 2.24) is 0 Å². The third kappa shape index (κ3) is 3.09. The molecule has 0 fully saturated rings. The Labute approximate surface area is 104 Å². The number of rotatable bonds is 4. The van der Waals surface area contributed by atoms with Crippen LogP contribution in [0.5, 0.6) is 0 Å². The van der Waals surface area contributed by atoms with E-state index in [1.54, 1.807) is 42.2 Å². The van der Waals surface area contributed by atoms with Crippen LogP contribution in [0.25, 0.3) is 0 Å². The molecule has 1 atom stereocenters. The molecule has 0 saturated carbocycles. The summed E-state index contributed by atoms with van der Waals surface area (Å²) >= 11 is 5.03. The lowest BCUT2D eigenvalue weighted by Crippen LogP contribution is -1.96. The molecule has 0 aromatic heterocycles. The number of hydrogen-bond acceptors (Lipinski definition) is 3. The van der Waals surface area contributed by atoms with Gasteiger partial charge in [0.2, 0.25) is 0 Å². The van der Waals surface area contributed by atoms with Gasteiger partial charge in [-0.1, -0.05) is 0 Å². The zero-order valence-electron chi connectivity index (χ0n) is 9.37. The maximum absolute atomic E-state index is 11.7. The normalized spacial score (nSPS) is 12.9. The van der Waals surface area contributed by atoms with Crippen LogP contribution in [0, 0.1) is 0 Å². The van der Waals surface area contributed by atoms with Gasteiger partial charge in [-0.15, -0.1) is 35.3 Å². The lowest BCUT2D eigenvalue weighted by Gasteiger charge is -2.15. The van der Waals surface area contributed by atoms with Gasteiger partial charge in [0.25, 0.3) is 0 Å². The van der Waals surface area contributed by atoms with Gasteiger partial charge in [-0.25, -0.2) is 5.11 Å². The summed E-state index contributed by atoms with van der Waals surface area (Å²) in [5.74, 6) is 0. The highest BCUT2D eigenvalue weighted by atomic mass is 32.2. The summed E-state index contributed by atoms with van der Waals surface area (Å²) in [7, 11) is 0. The molecular formula is C11H15OS3. The molecule has 1 nitrogen and oxygen atoms in total. The fraction of sp³-hybridized carbons (Fsp3) is 0.455. The fourth-order valence-electron chi connectivity index (χ4n) is 1.43. The first-order valence-corrected chi connectivity index (χ1v) is 8.27. The van der Waals surface area contributed by atoms with E-state index in [-0.39, 0.29) is 0 Å². The van der Waals surface area contributed by atoms with Crippen LogP contribution < -0.4 is 0 Å². The van der Waals surface area contributed by atoms with Gasteiger partial charge in [0.1, 0.15) is 6.10 Å². The Balaban J connectivity index is 3.32. The summed E-state index contributed by atoms with van der Waals surface area (Å²) in [6.07, 6.45) is 5.46. The van der Waals surface area contributed by atoms with Crippen molar-refractivity contribution in [3.63, 3.8) is 0 Å². The summed E-state index contributed by atoms with van der Waals surface area (Å²) in [5.41, 5.74) is 0.952. The molecule has 1 rings (SSSR count). The van der Waals surface area contributed by atoms with Crippen LogP contribution >= 0.6 is 35.3 Å². The lowest BCUT2D eigenvalue weighted by molar-refractivity contribution is 0.101. The molecule has 1 unspecified atom stereocenters. The smallest absolute Gasteiger partial charge is 0.117 e. The predicted molar refractivity (Wildman–Crippen MR) is 70.9 cm³/mol. The third-order valence-electron chi connectivity index (χ3n) is 2.16. The van der Waals surface area contributed by atoms with E-state index in [4.69, 9.17) is 0 Å². The highest BCUT2D eigenvalue weighted by Crippen LogP contribution is 2.37. The van der Waals surface area contributed by atoms with Crippen molar-refractivity contribution < 1.29 is 5.11 Å². The quantitative estimate of drug-likeness (QED) is 0.750. The minimum atomic E-state index is -0.647. The predicted octanol–water partition coefficient (Wildman–Crippen LogP) is 4.34. The molecular weight excluding hydrogens is 244 g/mol. The first-order chi connectivity index (χ1) is 7.13. The second kappa shape index (κ2) is 6.09. The Morgan fingerprint density at radius 1 is 1.00 bits per heavy atom. The van der Waals surface area contributed by atoms with Gasteiger partial charge in [-0.3, -0.25) is 0 Å². The Kier molecular flexibility index (Phi) is 5.39. The first-order valence-electron chi connectivity index (χ1n) is 4.59. The minimum Gasteiger partial charge on any atom is -0.228 e. The largest absolute Gasteiger partial charge is 0.228 e. The van der Waals surface area contributed by atoms with E-state index in [9.17, 15) is 5.11 Å². The van der Waals surface area contributed by atoms with Crippen LogP contribution in [0.1, 0.15) is 18.6 Å². The van der Waals surface area contributed by atoms with Crippen molar-refractivity contribution in [2.24, 2.45) is 0 Å². The molecule has 4 heteroatoms. The molecule has 0 aliphatic rings. The van der Waals surface area contributed by atoms with Crippen LogP contribution in [0.15, 0.2) is 26.8 Å². The van der Waals surface area contributed by atoms with Crippen LogP contribution in [-0.2, 0) is 5.11 Å². The topological polar surface area (TPSA) is 19.9 Å². The molecule has 0 aliphatic carbocycles. The highest BCUT2D eigenvalue weighted by Gasteiger charge is 2.15. The van der Waals surface area contributed by atoms with Crippen molar-refractivity contribution in [2.75, 3.05) is 18.8 Å². The van der Waals surface area contributed by atoms with Gasteiger partial charge in [0, 0.05) is 20.2 Å². The van der Waals surface area contributed by atoms with Crippen LogP contribution in [0.2, 0.25) is 0 Å². The highest BCUT2D eigenvalue weighted by molar-refractivity contribution is 8.00. The Morgan fingerprint density at radius 3 is 1.73 bits per heavy atom. The third-order valence-corrected chi connectivity index (χ3v) is 4.42. The molecule has 0 amide bonds. The standard InChI is InChI=1S/C11H15OS3/c1-7(12)11-9(14-3)5-8(13-2)6-10(11)15-4/h5-7H,1-4H3.